The molecular formula is C15H14BrN3O. The van der Waals surface area contributed by atoms with Crippen LogP contribution in [-0.2, 0) is 11.3 Å². The van der Waals surface area contributed by atoms with Gasteiger partial charge in [-0.3, -0.25) is 9.78 Å². The molecule has 1 aromatic carbocycles. The molecule has 1 aliphatic rings. The summed E-state index contributed by atoms with van der Waals surface area (Å²) in [4.78, 5) is 19.9. The Kier molecular flexibility index (Phi) is 3.44. The summed E-state index contributed by atoms with van der Waals surface area (Å²) < 4.78 is 1.01. The van der Waals surface area contributed by atoms with Gasteiger partial charge in [-0.15, -0.1) is 0 Å². The molecule has 0 atom stereocenters. The molecule has 5 heteroatoms. The average Bonchev–Trinajstić information content (AvgIpc) is 2.45. The van der Waals surface area contributed by atoms with E-state index >= 15 is 0 Å². The fourth-order valence-electron chi connectivity index (χ4n) is 2.37. The van der Waals surface area contributed by atoms with E-state index < -0.39 is 0 Å². The summed E-state index contributed by atoms with van der Waals surface area (Å²) in [6.45, 7) is 1.09. The lowest BCUT2D eigenvalue weighted by Crippen LogP contribution is -2.43. The van der Waals surface area contributed by atoms with E-state index in [4.69, 9.17) is 0 Å². The molecule has 0 bridgehead atoms. The molecule has 102 valence electrons. The number of anilines is 2. The van der Waals surface area contributed by atoms with Crippen molar-refractivity contribution in [2.75, 3.05) is 23.4 Å². The first kappa shape index (κ1) is 13.1. The number of aromatic nitrogens is 1. The van der Waals surface area contributed by atoms with Gasteiger partial charge in [-0.2, -0.15) is 0 Å². The fraction of sp³-hybridized carbons (Fsp3) is 0.200. The van der Waals surface area contributed by atoms with Crippen LogP contribution in [-0.4, -0.2) is 24.5 Å². The van der Waals surface area contributed by atoms with Crippen LogP contribution in [0, 0.1) is 0 Å². The molecule has 0 fully saturated rings. The Morgan fingerprint density at radius 1 is 1.20 bits per heavy atom. The Hall–Kier alpha value is -1.88. The molecule has 0 saturated heterocycles. The van der Waals surface area contributed by atoms with E-state index in [1.165, 1.54) is 0 Å². The van der Waals surface area contributed by atoms with Crippen LogP contribution in [0.25, 0.3) is 0 Å². The van der Waals surface area contributed by atoms with Gasteiger partial charge in [-0.1, -0.05) is 15.9 Å². The smallest absolute Gasteiger partial charge is 0.246 e. The third-order valence-electron chi connectivity index (χ3n) is 3.46. The molecule has 4 nitrogen and oxygen atoms in total. The van der Waals surface area contributed by atoms with Crippen LogP contribution in [0.2, 0.25) is 0 Å². The molecule has 0 saturated carbocycles. The van der Waals surface area contributed by atoms with Gasteiger partial charge in [0.05, 0.1) is 17.9 Å². The summed E-state index contributed by atoms with van der Waals surface area (Å²) in [6, 6.07) is 9.93. The molecule has 1 aromatic heterocycles. The molecule has 0 N–H and O–H groups in total. The quantitative estimate of drug-likeness (QED) is 0.849. The van der Waals surface area contributed by atoms with Crippen LogP contribution in [0.3, 0.4) is 0 Å². The second kappa shape index (κ2) is 5.25. The summed E-state index contributed by atoms with van der Waals surface area (Å²) in [5, 5.41) is 0. The Morgan fingerprint density at radius 2 is 1.95 bits per heavy atom. The van der Waals surface area contributed by atoms with Gasteiger partial charge in [-0.25, -0.2) is 0 Å². The van der Waals surface area contributed by atoms with Gasteiger partial charge in [-0.05, 0) is 35.9 Å². The standard InChI is InChI=1S/C15H14BrN3O/c1-18-13-3-2-12(16)8-14(13)19(10-15(18)20)9-11-4-6-17-7-5-11/h2-8H,9-10H2,1H3. The average molecular weight is 332 g/mol. The molecule has 0 radical (unpaired) electrons. The number of fused-ring (bicyclic) bond motifs is 1. The van der Waals surface area contributed by atoms with E-state index in [1.54, 1.807) is 17.3 Å². The number of hydrogen-bond donors (Lipinski definition) is 0. The van der Waals surface area contributed by atoms with Crippen molar-refractivity contribution in [3.05, 3.63) is 52.8 Å². The largest absolute Gasteiger partial charge is 0.356 e. The van der Waals surface area contributed by atoms with Crippen LogP contribution in [0.1, 0.15) is 5.56 Å². The molecule has 2 heterocycles. The van der Waals surface area contributed by atoms with Crippen molar-refractivity contribution >= 4 is 33.2 Å². The minimum atomic E-state index is 0.105. The summed E-state index contributed by atoms with van der Waals surface area (Å²) in [5.74, 6) is 0.105. The van der Waals surface area contributed by atoms with E-state index in [0.717, 1.165) is 21.4 Å². The highest BCUT2D eigenvalue weighted by Crippen LogP contribution is 2.35. The minimum absolute atomic E-state index is 0.105. The van der Waals surface area contributed by atoms with Crippen molar-refractivity contribution in [3.63, 3.8) is 0 Å². The second-order valence-corrected chi connectivity index (χ2v) is 5.71. The zero-order valence-electron chi connectivity index (χ0n) is 11.1. The van der Waals surface area contributed by atoms with Crippen molar-refractivity contribution in [1.82, 2.24) is 4.98 Å². The van der Waals surface area contributed by atoms with Crippen molar-refractivity contribution in [1.29, 1.82) is 0 Å². The van der Waals surface area contributed by atoms with Crippen LogP contribution in [0.4, 0.5) is 11.4 Å². The van der Waals surface area contributed by atoms with Gasteiger partial charge in [0, 0.05) is 30.5 Å². The lowest BCUT2D eigenvalue weighted by molar-refractivity contribution is -0.117. The zero-order chi connectivity index (χ0) is 14.1. The summed E-state index contributed by atoms with van der Waals surface area (Å²) in [5.41, 5.74) is 3.15. The molecule has 1 aliphatic heterocycles. The van der Waals surface area contributed by atoms with Crippen molar-refractivity contribution in [2.45, 2.75) is 6.54 Å². The SMILES string of the molecule is CN1C(=O)CN(Cc2ccncc2)c2cc(Br)ccc21. The van der Waals surface area contributed by atoms with Crippen LogP contribution < -0.4 is 9.80 Å². The molecule has 3 rings (SSSR count). The number of rotatable bonds is 2. The maximum absolute atomic E-state index is 12.1. The maximum atomic E-state index is 12.1. The summed E-state index contributed by atoms with van der Waals surface area (Å²) >= 11 is 3.50. The number of likely N-dealkylation sites (N-methyl/N-ethyl adjacent to an activating group) is 1. The maximum Gasteiger partial charge on any atom is 0.246 e. The third kappa shape index (κ3) is 2.41. The van der Waals surface area contributed by atoms with Gasteiger partial charge in [0.1, 0.15) is 0 Å². The highest BCUT2D eigenvalue weighted by molar-refractivity contribution is 9.10. The summed E-state index contributed by atoms with van der Waals surface area (Å²) in [6.07, 6.45) is 3.55. The Labute approximate surface area is 126 Å². The number of amides is 1. The first-order valence-electron chi connectivity index (χ1n) is 6.35. The van der Waals surface area contributed by atoms with Gasteiger partial charge >= 0.3 is 0 Å². The van der Waals surface area contributed by atoms with E-state index in [1.807, 2.05) is 31.3 Å². The van der Waals surface area contributed by atoms with Crippen molar-refractivity contribution in [3.8, 4) is 0 Å². The van der Waals surface area contributed by atoms with Gasteiger partial charge in [0.25, 0.3) is 0 Å². The lowest BCUT2D eigenvalue weighted by Gasteiger charge is -2.35. The molecule has 0 aliphatic carbocycles. The van der Waals surface area contributed by atoms with Crippen LogP contribution in [0.15, 0.2) is 47.2 Å². The van der Waals surface area contributed by atoms with Crippen molar-refractivity contribution in [2.24, 2.45) is 0 Å². The highest BCUT2D eigenvalue weighted by Gasteiger charge is 2.26. The van der Waals surface area contributed by atoms with E-state index in [0.29, 0.717) is 13.1 Å². The number of benzene rings is 1. The Balaban J connectivity index is 1.98. The predicted octanol–water partition coefficient (Wildman–Crippen LogP) is 2.83. The van der Waals surface area contributed by atoms with Gasteiger partial charge in [0.15, 0.2) is 0 Å². The first-order chi connectivity index (χ1) is 9.65. The van der Waals surface area contributed by atoms with E-state index in [2.05, 4.69) is 31.9 Å². The summed E-state index contributed by atoms with van der Waals surface area (Å²) in [7, 11) is 1.82. The monoisotopic (exact) mass is 331 g/mol. The minimum Gasteiger partial charge on any atom is -0.356 e. The highest BCUT2D eigenvalue weighted by atomic mass is 79.9. The molecule has 0 spiro atoms. The third-order valence-corrected chi connectivity index (χ3v) is 3.96. The van der Waals surface area contributed by atoms with E-state index in [-0.39, 0.29) is 5.91 Å². The number of pyridine rings is 1. The Bertz CT molecular complexity index is 645. The number of carbonyl (C=O) groups is 1. The molecule has 0 unspecified atom stereocenters. The van der Waals surface area contributed by atoms with Crippen LogP contribution in [0.5, 0.6) is 0 Å². The van der Waals surface area contributed by atoms with Crippen molar-refractivity contribution < 1.29 is 4.79 Å². The molecule has 1 amide bonds. The molecule has 2 aromatic rings. The number of hydrogen-bond acceptors (Lipinski definition) is 3. The van der Waals surface area contributed by atoms with E-state index in [9.17, 15) is 4.79 Å². The van der Waals surface area contributed by atoms with Crippen LogP contribution >= 0.6 is 15.9 Å². The number of carbonyl (C=O) groups excluding carboxylic acids is 1. The topological polar surface area (TPSA) is 36.4 Å². The van der Waals surface area contributed by atoms with Gasteiger partial charge in [0.2, 0.25) is 5.91 Å². The fourth-order valence-corrected chi connectivity index (χ4v) is 2.72. The lowest BCUT2D eigenvalue weighted by atomic mass is 10.1. The number of halogens is 1. The predicted molar refractivity (Wildman–Crippen MR) is 82.8 cm³/mol. The normalized spacial score (nSPS) is 14.4. The molecule has 20 heavy (non-hydrogen) atoms. The zero-order valence-corrected chi connectivity index (χ0v) is 12.7. The second-order valence-electron chi connectivity index (χ2n) is 4.80. The molecular weight excluding hydrogens is 318 g/mol. The number of nitrogens with zero attached hydrogens (tertiary/aromatic N) is 3. The Morgan fingerprint density at radius 3 is 2.70 bits per heavy atom. The first-order valence-corrected chi connectivity index (χ1v) is 7.14. The van der Waals surface area contributed by atoms with Gasteiger partial charge < -0.3 is 9.80 Å².